The number of Topliss-reactive ketones (excluding diaryl/α,β-unsaturated/α-hetero) is 1. The largest absolute Gasteiger partial charge is 0.426 e. The lowest BCUT2D eigenvalue weighted by atomic mass is 10.5. The molecule has 76 valence electrons. The Labute approximate surface area is 70.3 Å². The molecule has 0 aromatic carbocycles. The SMILES string of the molecule is C.C.CC(=O)C(F)(F)S(=O)(=O)O. The maximum Gasteiger partial charge on any atom is 0.426 e. The van der Waals surface area contributed by atoms with Gasteiger partial charge < -0.3 is 0 Å². The lowest BCUT2D eigenvalue weighted by Crippen LogP contribution is -2.35. The van der Waals surface area contributed by atoms with Crippen LogP contribution in [0.3, 0.4) is 0 Å². The van der Waals surface area contributed by atoms with Crippen LogP contribution in [0, 0.1) is 0 Å². The molecule has 0 amide bonds. The number of hydrogen-bond donors (Lipinski definition) is 1. The number of rotatable bonds is 2. The molecular weight excluding hydrogens is 194 g/mol. The van der Waals surface area contributed by atoms with Gasteiger partial charge in [-0.15, -0.1) is 0 Å². The van der Waals surface area contributed by atoms with Gasteiger partial charge in [-0.2, -0.15) is 17.2 Å². The van der Waals surface area contributed by atoms with Crippen molar-refractivity contribution in [2.24, 2.45) is 0 Å². The summed E-state index contributed by atoms with van der Waals surface area (Å²) in [5.74, 6) is -1.91. The molecule has 0 bridgehead atoms. The van der Waals surface area contributed by atoms with Crippen LogP contribution < -0.4 is 0 Å². The summed E-state index contributed by atoms with van der Waals surface area (Å²) in [6.45, 7) is 0.369. The van der Waals surface area contributed by atoms with Gasteiger partial charge in [0.1, 0.15) is 0 Å². The number of ketones is 1. The standard InChI is InChI=1S/C3H4F2O4S.2CH4/c1-2(6)3(4,5)10(7,8)9;;/h1H3,(H,7,8,9);2*1H4. The molecule has 0 aromatic rings. The third-order valence-electron chi connectivity index (χ3n) is 0.734. The average Bonchev–Trinajstić information content (AvgIpc) is 1.62. The monoisotopic (exact) mass is 206 g/mol. The van der Waals surface area contributed by atoms with Crippen molar-refractivity contribution in [2.45, 2.75) is 27.0 Å². The molecule has 0 saturated carbocycles. The van der Waals surface area contributed by atoms with Crippen LogP contribution in [0.25, 0.3) is 0 Å². The summed E-state index contributed by atoms with van der Waals surface area (Å²) in [6, 6.07) is 0. The first kappa shape index (κ1) is 17.5. The Kier molecular flexibility index (Phi) is 6.51. The van der Waals surface area contributed by atoms with E-state index in [1.807, 2.05) is 0 Å². The van der Waals surface area contributed by atoms with E-state index in [0.717, 1.165) is 0 Å². The van der Waals surface area contributed by atoms with Gasteiger partial charge in [-0.05, 0) is 0 Å². The Morgan fingerprint density at radius 1 is 1.33 bits per heavy atom. The van der Waals surface area contributed by atoms with Crippen LogP contribution in [-0.2, 0) is 14.9 Å². The Balaban J connectivity index is -0.000000405. The highest BCUT2D eigenvalue weighted by Crippen LogP contribution is 2.20. The van der Waals surface area contributed by atoms with Gasteiger partial charge >= 0.3 is 15.4 Å². The molecule has 0 unspecified atom stereocenters. The van der Waals surface area contributed by atoms with Crippen LogP contribution in [0.15, 0.2) is 0 Å². The molecule has 12 heavy (non-hydrogen) atoms. The summed E-state index contributed by atoms with van der Waals surface area (Å²) < 4.78 is 50.8. The summed E-state index contributed by atoms with van der Waals surface area (Å²) in [6.07, 6.45) is 0. The molecule has 0 saturated heterocycles. The Bertz CT molecular complexity index is 244. The van der Waals surface area contributed by atoms with E-state index in [1.54, 1.807) is 0 Å². The highest BCUT2D eigenvalue weighted by molar-refractivity contribution is 7.87. The Morgan fingerprint density at radius 2 is 1.58 bits per heavy atom. The first-order valence-electron chi connectivity index (χ1n) is 2.05. The highest BCUT2D eigenvalue weighted by Gasteiger charge is 2.49. The lowest BCUT2D eigenvalue weighted by molar-refractivity contribution is -0.131. The van der Waals surface area contributed by atoms with Crippen molar-refractivity contribution in [3.05, 3.63) is 0 Å². The molecule has 0 fully saturated rings. The fourth-order valence-corrected chi connectivity index (χ4v) is 0.545. The maximum atomic E-state index is 11.9. The summed E-state index contributed by atoms with van der Waals surface area (Å²) in [7, 11) is -5.58. The molecule has 0 aromatic heterocycles. The molecule has 4 nitrogen and oxygen atoms in total. The number of carbonyl (C=O) groups excluding carboxylic acids is 1. The van der Waals surface area contributed by atoms with E-state index in [2.05, 4.69) is 0 Å². The molecule has 0 atom stereocenters. The van der Waals surface area contributed by atoms with E-state index in [9.17, 15) is 22.0 Å². The molecule has 1 N–H and O–H groups in total. The van der Waals surface area contributed by atoms with E-state index in [1.165, 1.54) is 0 Å². The van der Waals surface area contributed by atoms with E-state index >= 15 is 0 Å². The lowest BCUT2D eigenvalue weighted by Gasteiger charge is -2.06. The zero-order chi connectivity index (χ0) is 8.58. The van der Waals surface area contributed by atoms with Crippen LogP contribution in [0.4, 0.5) is 8.78 Å². The quantitative estimate of drug-likeness (QED) is 0.692. The van der Waals surface area contributed by atoms with Crippen LogP contribution in [0.1, 0.15) is 21.8 Å². The summed E-state index contributed by atoms with van der Waals surface area (Å²) in [4.78, 5) is 9.82. The maximum absolute atomic E-state index is 11.9. The van der Waals surface area contributed by atoms with Gasteiger partial charge in [0.2, 0.25) is 5.78 Å². The Hall–Kier alpha value is -0.560. The van der Waals surface area contributed by atoms with Gasteiger partial charge in [-0.25, -0.2) is 0 Å². The average molecular weight is 206 g/mol. The smallest absolute Gasteiger partial charge is 0.292 e. The number of hydrogen-bond acceptors (Lipinski definition) is 3. The summed E-state index contributed by atoms with van der Waals surface area (Å²) >= 11 is 0. The predicted molar refractivity (Wildman–Crippen MR) is 40.6 cm³/mol. The van der Waals surface area contributed by atoms with Crippen molar-refractivity contribution < 1.29 is 26.5 Å². The van der Waals surface area contributed by atoms with E-state index in [-0.39, 0.29) is 14.9 Å². The van der Waals surface area contributed by atoms with Gasteiger partial charge in [-0.1, -0.05) is 14.9 Å². The molecular formula is C5H12F2O4S. The van der Waals surface area contributed by atoms with Crippen LogP contribution >= 0.6 is 0 Å². The molecule has 0 aliphatic rings. The molecule has 0 aliphatic carbocycles. The third kappa shape index (κ3) is 3.22. The van der Waals surface area contributed by atoms with Crippen molar-refractivity contribution >= 4 is 15.9 Å². The molecule has 0 rings (SSSR count). The van der Waals surface area contributed by atoms with Crippen LogP contribution in [-0.4, -0.2) is 24.0 Å². The second-order valence-electron chi connectivity index (χ2n) is 1.55. The van der Waals surface area contributed by atoms with Crippen molar-refractivity contribution in [3.63, 3.8) is 0 Å². The molecule has 0 spiro atoms. The predicted octanol–water partition coefficient (Wildman–Crippen LogP) is 1.33. The summed E-state index contributed by atoms with van der Waals surface area (Å²) in [5.41, 5.74) is 0. The van der Waals surface area contributed by atoms with E-state index in [0.29, 0.717) is 6.92 Å². The normalized spacial score (nSPS) is 11.0. The minimum Gasteiger partial charge on any atom is -0.292 e. The first-order chi connectivity index (χ1) is 4.19. The van der Waals surface area contributed by atoms with Crippen molar-refractivity contribution in [1.29, 1.82) is 0 Å². The minimum atomic E-state index is -5.58. The zero-order valence-electron chi connectivity index (χ0n) is 4.84. The van der Waals surface area contributed by atoms with Gasteiger partial charge in [0, 0.05) is 6.92 Å². The molecule has 0 heterocycles. The van der Waals surface area contributed by atoms with Crippen LogP contribution in [0.5, 0.6) is 0 Å². The second kappa shape index (κ2) is 4.46. The molecule has 0 radical (unpaired) electrons. The molecule has 7 heteroatoms. The number of halogens is 2. The fourth-order valence-electron chi connectivity index (χ4n) is 0.182. The number of alkyl halides is 2. The summed E-state index contributed by atoms with van der Waals surface area (Å²) in [5, 5.41) is -4.67. The third-order valence-corrected chi connectivity index (χ3v) is 1.67. The van der Waals surface area contributed by atoms with E-state index in [4.69, 9.17) is 4.55 Å². The van der Waals surface area contributed by atoms with Crippen LogP contribution in [0.2, 0.25) is 0 Å². The van der Waals surface area contributed by atoms with Gasteiger partial charge in [0.15, 0.2) is 0 Å². The first-order valence-corrected chi connectivity index (χ1v) is 3.49. The molecule has 0 aliphatic heterocycles. The van der Waals surface area contributed by atoms with Gasteiger partial charge in [0.05, 0.1) is 0 Å². The Morgan fingerprint density at radius 3 is 1.58 bits per heavy atom. The second-order valence-corrected chi connectivity index (χ2v) is 3.01. The zero-order valence-corrected chi connectivity index (χ0v) is 5.65. The highest BCUT2D eigenvalue weighted by atomic mass is 32.2. The van der Waals surface area contributed by atoms with Crippen molar-refractivity contribution in [1.82, 2.24) is 0 Å². The van der Waals surface area contributed by atoms with Gasteiger partial charge in [0.25, 0.3) is 0 Å². The van der Waals surface area contributed by atoms with Crippen molar-refractivity contribution in [2.75, 3.05) is 0 Å². The van der Waals surface area contributed by atoms with Gasteiger partial charge in [-0.3, -0.25) is 9.35 Å². The van der Waals surface area contributed by atoms with Crippen molar-refractivity contribution in [3.8, 4) is 0 Å². The fraction of sp³-hybridized carbons (Fsp3) is 0.800. The van der Waals surface area contributed by atoms with E-state index < -0.39 is 21.2 Å². The minimum absolute atomic E-state index is 0. The number of carbonyl (C=O) groups is 1. The topological polar surface area (TPSA) is 71.4 Å².